The highest BCUT2D eigenvalue weighted by Gasteiger charge is 2.23. The third-order valence-corrected chi connectivity index (χ3v) is 4.86. The summed E-state index contributed by atoms with van der Waals surface area (Å²) in [7, 11) is 0. The highest BCUT2D eigenvalue weighted by molar-refractivity contribution is 7.18. The Labute approximate surface area is 127 Å². The van der Waals surface area contributed by atoms with Gasteiger partial charge in [-0.1, -0.05) is 11.3 Å². The summed E-state index contributed by atoms with van der Waals surface area (Å²) in [6, 6.07) is 0.0791. The van der Waals surface area contributed by atoms with E-state index in [1.54, 1.807) is 0 Å². The van der Waals surface area contributed by atoms with Gasteiger partial charge in [-0.25, -0.2) is 4.98 Å². The van der Waals surface area contributed by atoms with Crippen LogP contribution in [0.4, 0.5) is 10.9 Å². The van der Waals surface area contributed by atoms with E-state index < -0.39 is 0 Å². The molecule has 1 unspecified atom stereocenters. The van der Waals surface area contributed by atoms with Crippen molar-refractivity contribution in [1.29, 1.82) is 0 Å². The van der Waals surface area contributed by atoms with Crippen molar-refractivity contribution in [2.24, 2.45) is 0 Å². The fraction of sp³-hybridized carbons (Fsp3) is 0.692. The van der Waals surface area contributed by atoms with Crippen LogP contribution in [0.15, 0.2) is 0 Å². The van der Waals surface area contributed by atoms with E-state index in [-0.39, 0.29) is 11.9 Å². The minimum atomic E-state index is -0.137. The number of carbonyl (C=O) groups is 1. The quantitative estimate of drug-likeness (QED) is 0.730. The third-order valence-electron chi connectivity index (χ3n) is 3.73. The molecule has 0 aliphatic carbocycles. The molecule has 3 rings (SSSR count). The first kappa shape index (κ1) is 14.6. The molecule has 1 aromatic heterocycles. The molecule has 1 amide bonds. The van der Waals surface area contributed by atoms with Crippen molar-refractivity contribution in [2.75, 3.05) is 50.0 Å². The number of nitrogens with one attached hydrogen (secondary N) is 2. The summed E-state index contributed by atoms with van der Waals surface area (Å²) in [6.45, 7) is 5.01. The molecule has 8 heteroatoms. The Morgan fingerprint density at radius 1 is 1.48 bits per heavy atom. The molecule has 116 valence electrons. The average molecular weight is 311 g/mol. The van der Waals surface area contributed by atoms with Gasteiger partial charge in [-0.05, 0) is 12.8 Å². The maximum Gasteiger partial charge on any atom is 0.265 e. The Morgan fingerprint density at radius 2 is 2.29 bits per heavy atom. The molecule has 7 nitrogen and oxygen atoms in total. The smallest absolute Gasteiger partial charge is 0.265 e. The number of carbonyl (C=O) groups excluding carboxylic acids is 1. The molecule has 2 aliphatic heterocycles. The highest BCUT2D eigenvalue weighted by Crippen LogP contribution is 2.28. The van der Waals surface area contributed by atoms with E-state index in [2.05, 4.69) is 20.5 Å². The van der Waals surface area contributed by atoms with E-state index in [0.29, 0.717) is 17.3 Å². The van der Waals surface area contributed by atoms with Gasteiger partial charge >= 0.3 is 0 Å². The summed E-state index contributed by atoms with van der Waals surface area (Å²) >= 11 is 1.37. The number of nitrogens with zero attached hydrogens (tertiary/aromatic N) is 2. The molecule has 1 aromatic rings. The normalized spacial score (nSPS) is 23.0. The second kappa shape index (κ2) is 6.59. The van der Waals surface area contributed by atoms with Gasteiger partial charge in [0, 0.05) is 32.8 Å². The number of hydrogen-bond donors (Lipinski definition) is 3. The molecule has 3 heterocycles. The summed E-state index contributed by atoms with van der Waals surface area (Å²) in [5.74, 6) is 0.185. The Bertz CT molecular complexity index is 495. The van der Waals surface area contributed by atoms with Crippen LogP contribution in [0.5, 0.6) is 0 Å². The van der Waals surface area contributed by atoms with E-state index >= 15 is 0 Å². The lowest BCUT2D eigenvalue weighted by Crippen LogP contribution is -2.43. The molecule has 21 heavy (non-hydrogen) atoms. The number of nitrogens with two attached hydrogens (primary N) is 1. The summed E-state index contributed by atoms with van der Waals surface area (Å²) in [4.78, 5) is 19.3. The zero-order chi connectivity index (χ0) is 14.7. The van der Waals surface area contributed by atoms with Gasteiger partial charge in [-0.2, -0.15) is 0 Å². The van der Waals surface area contributed by atoms with Gasteiger partial charge < -0.3 is 26.0 Å². The molecular weight excluding hydrogens is 290 g/mol. The van der Waals surface area contributed by atoms with Crippen LogP contribution in [0.2, 0.25) is 0 Å². The molecule has 0 radical (unpaired) electrons. The van der Waals surface area contributed by atoms with Gasteiger partial charge in [-0.3, -0.25) is 4.79 Å². The van der Waals surface area contributed by atoms with Crippen molar-refractivity contribution in [3.63, 3.8) is 0 Å². The number of ether oxygens (including phenoxy) is 1. The minimum Gasteiger partial charge on any atom is -0.382 e. The molecule has 1 atom stereocenters. The van der Waals surface area contributed by atoms with Crippen LogP contribution in [0.3, 0.4) is 0 Å². The number of hydrogen-bond acceptors (Lipinski definition) is 7. The molecular formula is C13H21N5O2S. The standard InChI is InChI=1S/C13H21N5O2S/c14-11-10(12(19)16-9-2-1-7-20-8-9)21-13(17-11)18-5-3-15-4-6-18/h9,15H,1-8,14H2,(H,16,19). The van der Waals surface area contributed by atoms with Crippen LogP contribution in [-0.2, 0) is 4.74 Å². The van der Waals surface area contributed by atoms with Gasteiger partial charge in [0.05, 0.1) is 12.6 Å². The Kier molecular flexibility index (Phi) is 4.57. The lowest BCUT2D eigenvalue weighted by molar-refractivity contribution is 0.0626. The topological polar surface area (TPSA) is 92.5 Å². The van der Waals surface area contributed by atoms with Crippen molar-refractivity contribution in [3.8, 4) is 0 Å². The minimum absolute atomic E-state index is 0.0791. The second-order valence-electron chi connectivity index (χ2n) is 5.34. The molecule has 2 aliphatic rings. The lowest BCUT2D eigenvalue weighted by Gasteiger charge is -2.26. The maximum absolute atomic E-state index is 12.3. The van der Waals surface area contributed by atoms with Crippen LogP contribution in [0.25, 0.3) is 0 Å². The highest BCUT2D eigenvalue weighted by atomic mass is 32.1. The van der Waals surface area contributed by atoms with E-state index in [0.717, 1.165) is 50.8 Å². The number of thiazole rings is 1. The number of amides is 1. The fourth-order valence-electron chi connectivity index (χ4n) is 2.58. The van der Waals surface area contributed by atoms with Crippen LogP contribution < -0.4 is 21.3 Å². The maximum atomic E-state index is 12.3. The van der Waals surface area contributed by atoms with Crippen LogP contribution in [-0.4, -0.2) is 56.3 Å². The number of nitrogen functional groups attached to an aromatic ring is 1. The van der Waals surface area contributed by atoms with Crippen molar-refractivity contribution in [2.45, 2.75) is 18.9 Å². The summed E-state index contributed by atoms with van der Waals surface area (Å²) in [5.41, 5.74) is 5.92. The number of rotatable bonds is 3. The molecule has 0 bridgehead atoms. The molecule has 2 saturated heterocycles. The van der Waals surface area contributed by atoms with Crippen LogP contribution in [0, 0.1) is 0 Å². The zero-order valence-corrected chi connectivity index (χ0v) is 12.7. The van der Waals surface area contributed by atoms with E-state index in [4.69, 9.17) is 10.5 Å². The second-order valence-corrected chi connectivity index (χ2v) is 6.31. The van der Waals surface area contributed by atoms with Crippen LogP contribution in [0.1, 0.15) is 22.5 Å². The Hall–Kier alpha value is -1.38. The Morgan fingerprint density at radius 3 is 3.00 bits per heavy atom. The molecule has 0 saturated carbocycles. The predicted molar refractivity (Wildman–Crippen MR) is 82.9 cm³/mol. The predicted octanol–water partition coefficient (Wildman–Crippen LogP) is 0.0437. The Balaban J connectivity index is 1.66. The first-order chi connectivity index (χ1) is 10.2. The number of aromatic nitrogens is 1. The van der Waals surface area contributed by atoms with Crippen molar-refractivity contribution < 1.29 is 9.53 Å². The van der Waals surface area contributed by atoms with Crippen molar-refractivity contribution in [1.82, 2.24) is 15.6 Å². The van der Waals surface area contributed by atoms with Gasteiger partial charge in [0.2, 0.25) is 0 Å². The first-order valence-corrected chi connectivity index (χ1v) is 8.16. The van der Waals surface area contributed by atoms with Gasteiger partial charge in [0.15, 0.2) is 5.13 Å². The number of piperazine rings is 1. The van der Waals surface area contributed by atoms with Gasteiger partial charge in [0.1, 0.15) is 10.7 Å². The van der Waals surface area contributed by atoms with Crippen molar-refractivity contribution >= 4 is 28.2 Å². The fourth-order valence-corrected chi connectivity index (χ4v) is 3.52. The monoisotopic (exact) mass is 311 g/mol. The van der Waals surface area contributed by atoms with E-state index in [1.807, 2.05) is 0 Å². The van der Waals surface area contributed by atoms with E-state index in [1.165, 1.54) is 11.3 Å². The molecule has 0 aromatic carbocycles. The van der Waals surface area contributed by atoms with Gasteiger partial charge in [-0.15, -0.1) is 0 Å². The summed E-state index contributed by atoms with van der Waals surface area (Å²) < 4.78 is 5.38. The van der Waals surface area contributed by atoms with E-state index in [9.17, 15) is 4.79 Å². The molecule has 4 N–H and O–H groups in total. The van der Waals surface area contributed by atoms with Gasteiger partial charge in [0.25, 0.3) is 5.91 Å². The first-order valence-electron chi connectivity index (χ1n) is 7.34. The average Bonchev–Trinajstić information content (AvgIpc) is 2.91. The van der Waals surface area contributed by atoms with Crippen LogP contribution >= 0.6 is 11.3 Å². The largest absolute Gasteiger partial charge is 0.382 e. The summed E-state index contributed by atoms with van der Waals surface area (Å²) in [5, 5.41) is 7.11. The zero-order valence-electron chi connectivity index (χ0n) is 11.9. The third kappa shape index (κ3) is 3.45. The SMILES string of the molecule is Nc1nc(N2CCNCC2)sc1C(=O)NC1CCCOC1. The number of anilines is 2. The van der Waals surface area contributed by atoms with Crippen molar-refractivity contribution in [3.05, 3.63) is 4.88 Å². The summed E-state index contributed by atoms with van der Waals surface area (Å²) in [6.07, 6.45) is 1.93. The molecule has 2 fully saturated rings. The lowest BCUT2D eigenvalue weighted by atomic mass is 10.1. The molecule has 0 spiro atoms.